The first-order valence-electron chi connectivity index (χ1n) is 6.70. The quantitative estimate of drug-likeness (QED) is 0.918. The van der Waals surface area contributed by atoms with Gasteiger partial charge >= 0.3 is 5.97 Å². The van der Waals surface area contributed by atoms with E-state index in [4.69, 9.17) is 5.11 Å². The molecule has 1 N–H and O–H groups in total. The Bertz CT molecular complexity index is 735. The number of anilines is 2. The van der Waals surface area contributed by atoms with Gasteiger partial charge in [0.25, 0.3) is 0 Å². The minimum Gasteiger partial charge on any atom is -0.478 e. The van der Waals surface area contributed by atoms with Crippen molar-refractivity contribution >= 4 is 23.3 Å². The minimum atomic E-state index is -0.987. The van der Waals surface area contributed by atoms with Crippen molar-refractivity contribution in [1.82, 2.24) is 0 Å². The number of carbonyl (C=O) groups excluding carboxylic acids is 1. The number of fused-ring (bicyclic) bond motifs is 1. The van der Waals surface area contributed by atoms with Crippen molar-refractivity contribution < 1.29 is 14.7 Å². The topological polar surface area (TPSA) is 57.6 Å². The number of nitrogens with zero attached hydrogens (tertiary/aromatic N) is 1. The van der Waals surface area contributed by atoms with Crippen molar-refractivity contribution in [2.24, 2.45) is 0 Å². The number of carboxylic acid groups (broad SMARTS) is 1. The second kappa shape index (κ2) is 4.45. The highest BCUT2D eigenvalue weighted by Gasteiger charge is 2.44. The van der Waals surface area contributed by atoms with Gasteiger partial charge in [-0.1, -0.05) is 18.2 Å². The molecule has 0 atom stereocenters. The molecule has 0 radical (unpaired) electrons. The fourth-order valence-electron chi connectivity index (χ4n) is 2.70. The lowest BCUT2D eigenvalue weighted by molar-refractivity contribution is -0.121. The Labute approximate surface area is 122 Å². The monoisotopic (exact) mass is 281 g/mol. The lowest BCUT2D eigenvalue weighted by Crippen LogP contribution is -2.33. The largest absolute Gasteiger partial charge is 0.478 e. The van der Waals surface area contributed by atoms with E-state index in [9.17, 15) is 9.59 Å². The molecule has 2 aromatic rings. The SMILES string of the molecule is CC1(C)C(=O)N(c2ccccc2)c2ccc(C(=O)O)cc21. The van der Waals surface area contributed by atoms with Crippen molar-refractivity contribution in [2.45, 2.75) is 19.3 Å². The third-order valence-electron chi connectivity index (χ3n) is 3.91. The van der Waals surface area contributed by atoms with E-state index in [1.165, 1.54) is 6.07 Å². The van der Waals surface area contributed by atoms with Crippen LogP contribution in [0.25, 0.3) is 0 Å². The summed E-state index contributed by atoms with van der Waals surface area (Å²) >= 11 is 0. The summed E-state index contributed by atoms with van der Waals surface area (Å²) in [6.45, 7) is 3.64. The summed E-state index contributed by atoms with van der Waals surface area (Å²) in [6.07, 6.45) is 0. The molecule has 4 heteroatoms. The number of hydrogen-bond donors (Lipinski definition) is 1. The fraction of sp³-hybridized carbons (Fsp3) is 0.176. The van der Waals surface area contributed by atoms with Gasteiger partial charge in [0.2, 0.25) is 5.91 Å². The van der Waals surface area contributed by atoms with Crippen LogP contribution in [-0.2, 0) is 10.2 Å². The molecule has 1 aliphatic rings. The zero-order valence-corrected chi connectivity index (χ0v) is 11.8. The van der Waals surface area contributed by atoms with Crippen LogP contribution >= 0.6 is 0 Å². The maximum Gasteiger partial charge on any atom is 0.335 e. The maximum absolute atomic E-state index is 12.7. The van der Waals surface area contributed by atoms with Crippen LogP contribution in [0.5, 0.6) is 0 Å². The lowest BCUT2D eigenvalue weighted by Gasteiger charge is -2.20. The Kier molecular flexibility index (Phi) is 2.83. The van der Waals surface area contributed by atoms with Crippen molar-refractivity contribution in [2.75, 3.05) is 4.90 Å². The van der Waals surface area contributed by atoms with Gasteiger partial charge in [-0.05, 0) is 49.7 Å². The number of carboxylic acids is 1. The third kappa shape index (κ3) is 1.91. The summed E-state index contributed by atoms with van der Waals surface area (Å²) in [5.74, 6) is -1.04. The van der Waals surface area contributed by atoms with Crippen LogP contribution < -0.4 is 4.90 Å². The summed E-state index contributed by atoms with van der Waals surface area (Å²) in [5, 5.41) is 9.14. The van der Waals surface area contributed by atoms with Crippen LogP contribution in [0.3, 0.4) is 0 Å². The number of aromatic carboxylic acids is 1. The van der Waals surface area contributed by atoms with E-state index in [0.29, 0.717) is 0 Å². The van der Waals surface area contributed by atoms with Crippen molar-refractivity contribution in [3.8, 4) is 0 Å². The average molecular weight is 281 g/mol. The molecule has 0 saturated carbocycles. The second-order valence-electron chi connectivity index (χ2n) is 5.64. The standard InChI is InChI=1S/C17H15NO3/c1-17(2)13-10-11(15(19)20)8-9-14(13)18(16(17)21)12-6-4-3-5-7-12/h3-10H,1-2H3,(H,19,20). The molecule has 0 fully saturated rings. The number of carbonyl (C=O) groups is 2. The Morgan fingerprint density at radius 2 is 1.76 bits per heavy atom. The van der Waals surface area contributed by atoms with Gasteiger partial charge in [-0.2, -0.15) is 0 Å². The van der Waals surface area contributed by atoms with Gasteiger partial charge in [-0.3, -0.25) is 9.69 Å². The van der Waals surface area contributed by atoms with Gasteiger partial charge < -0.3 is 5.11 Å². The number of rotatable bonds is 2. The summed E-state index contributed by atoms with van der Waals surface area (Å²) < 4.78 is 0. The summed E-state index contributed by atoms with van der Waals surface area (Å²) in [5.41, 5.74) is 1.75. The number of amides is 1. The third-order valence-corrected chi connectivity index (χ3v) is 3.91. The molecule has 1 amide bonds. The molecule has 0 bridgehead atoms. The molecule has 0 unspecified atom stereocenters. The first-order chi connectivity index (χ1) is 9.93. The molecule has 106 valence electrons. The van der Waals surface area contributed by atoms with Crippen LogP contribution in [-0.4, -0.2) is 17.0 Å². The van der Waals surface area contributed by atoms with Crippen LogP contribution in [0.2, 0.25) is 0 Å². The van der Waals surface area contributed by atoms with Crippen molar-refractivity contribution in [1.29, 1.82) is 0 Å². The fourth-order valence-corrected chi connectivity index (χ4v) is 2.70. The molecule has 4 nitrogen and oxygen atoms in total. The Hall–Kier alpha value is -2.62. The van der Waals surface area contributed by atoms with Crippen LogP contribution in [0.4, 0.5) is 11.4 Å². The van der Waals surface area contributed by atoms with E-state index in [2.05, 4.69) is 0 Å². The number of hydrogen-bond acceptors (Lipinski definition) is 2. The molecule has 2 aromatic carbocycles. The minimum absolute atomic E-state index is 0.0498. The molecular weight excluding hydrogens is 266 g/mol. The zero-order chi connectivity index (χ0) is 15.2. The molecule has 3 rings (SSSR count). The van der Waals surface area contributed by atoms with Crippen LogP contribution in [0.15, 0.2) is 48.5 Å². The molecule has 0 saturated heterocycles. The second-order valence-corrected chi connectivity index (χ2v) is 5.64. The van der Waals surface area contributed by atoms with Gasteiger partial charge in [0, 0.05) is 5.69 Å². The Balaban J connectivity index is 2.21. The Morgan fingerprint density at radius 1 is 1.10 bits per heavy atom. The highest BCUT2D eigenvalue weighted by atomic mass is 16.4. The molecule has 21 heavy (non-hydrogen) atoms. The zero-order valence-electron chi connectivity index (χ0n) is 11.8. The van der Waals surface area contributed by atoms with Gasteiger partial charge in [-0.25, -0.2) is 4.79 Å². The molecular formula is C17H15NO3. The number of benzene rings is 2. The first-order valence-corrected chi connectivity index (χ1v) is 6.70. The average Bonchev–Trinajstić information content (AvgIpc) is 2.67. The van der Waals surface area contributed by atoms with E-state index in [-0.39, 0.29) is 11.5 Å². The predicted octanol–water partition coefficient (Wildman–Crippen LogP) is 3.34. The van der Waals surface area contributed by atoms with Crippen LogP contribution in [0.1, 0.15) is 29.8 Å². The molecule has 0 aromatic heterocycles. The van der Waals surface area contributed by atoms with E-state index < -0.39 is 11.4 Å². The summed E-state index contributed by atoms with van der Waals surface area (Å²) in [4.78, 5) is 25.5. The normalized spacial score (nSPS) is 15.9. The Morgan fingerprint density at radius 3 is 2.38 bits per heavy atom. The molecule has 1 aliphatic heterocycles. The van der Waals surface area contributed by atoms with Gasteiger partial charge in [-0.15, -0.1) is 0 Å². The predicted molar refractivity (Wildman–Crippen MR) is 80.0 cm³/mol. The molecule has 0 aliphatic carbocycles. The van der Waals surface area contributed by atoms with Gasteiger partial charge in [0.05, 0.1) is 16.7 Å². The molecule has 1 heterocycles. The van der Waals surface area contributed by atoms with Crippen molar-refractivity contribution in [3.05, 3.63) is 59.7 Å². The highest BCUT2D eigenvalue weighted by Crippen LogP contribution is 2.45. The smallest absolute Gasteiger partial charge is 0.335 e. The first kappa shape index (κ1) is 13.4. The lowest BCUT2D eigenvalue weighted by atomic mass is 9.85. The summed E-state index contributed by atoms with van der Waals surface area (Å²) in [7, 11) is 0. The summed E-state index contributed by atoms with van der Waals surface area (Å²) in [6, 6.07) is 14.2. The van der Waals surface area contributed by atoms with E-state index >= 15 is 0 Å². The van der Waals surface area contributed by atoms with Crippen molar-refractivity contribution in [3.63, 3.8) is 0 Å². The van der Waals surface area contributed by atoms with E-state index in [1.54, 1.807) is 17.0 Å². The number of para-hydroxylation sites is 1. The highest BCUT2D eigenvalue weighted by molar-refractivity contribution is 6.13. The van der Waals surface area contributed by atoms with Gasteiger partial charge in [0.1, 0.15) is 0 Å². The maximum atomic E-state index is 12.7. The van der Waals surface area contributed by atoms with E-state index in [1.807, 2.05) is 44.2 Å². The van der Waals surface area contributed by atoms with Gasteiger partial charge in [0.15, 0.2) is 0 Å². The van der Waals surface area contributed by atoms with E-state index in [0.717, 1.165) is 16.9 Å². The molecule has 0 spiro atoms. The van der Waals surface area contributed by atoms with Crippen LogP contribution in [0, 0.1) is 0 Å².